The summed E-state index contributed by atoms with van der Waals surface area (Å²) in [5.41, 5.74) is -0.953. The molecule has 0 radical (unpaired) electrons. The SMILES string of the molecule is C[C@H]1[C@@H](OC(=O)N(C)C)[C@]2(CO)O[C@@H]1C[C@H]2O[Si](C)(C)C(C)(C)C. The molecule has 0 aromatic carbocycles. The molecule has 6 nitrogen and oxygen atoms in total. The van der Waals surface area contributed by atoms with E-state index < -0.39 is 26.1 Å². The van der Waals surface area contributed by atoms with Crippen LogP contribution in [0.15, 0.2) is 0 Å². The molecule has 2 fully saturated rings. The number of carbonyl (C=O) groups is 1. The molecule has 0 aromatic rings. The molecule has 2 aliphatic heterocycles. The van der Waals surface area contributed by atoms with Gasteiger partial charge >= 0.3 is 6.09 Å². The molecule has 1 N–H and O–H groups in total. The first-order chi connectivity index (χ1) is 10.9. The maximum Gasteiger partial charge on any atom is 0.409 e. The second-order valence-corrected chi connectivity index (χ2v) is 13.7. The molecular weight excluding hydrogens is 326 g/mol. The van der Waals surface area contributed by atoms with Crippen molar-refractivity contribution in [3.8, 4) is 0 Å². The Labute approximate surface area is 146 Å². The highest BCUT2D eigenvalue weighted by Crippen LogP contribution is 2.52. The van der Waals surface area contributed by atoms with Crippen molar-refractivity contribution in [2.24, 2.45) is 5.92 Å². The standard InChI is InChI=1S/C17H33NO5Si/c1-11-12-9-13(23-24(7,8)16(2,3)4)17(10-19,22-12)14(11)21-15(20)18(5)6/h11-14,19H,9-10H2,1-8H3/t11-,12-,13-,14-,17-/m1/s1. The van der Waals surface area contributed by atoms with Gasteiger partial charge < -0.3 is 23.9 Å². The van der Waals surface area contributed by atoms with E-state index in [0.29, 0.717) is 0 Å². The monoisotopic (exact) mass is 359 g/mol. The Kier molecular flexibility index (Phi) is 5.14. The van der Waals surface area contributed by atoms with Crippen LogP contribution in [0.25, 0.3) is 0 Å². The summed E-state index contributed by atoms with van der Waals surface area (Å²) in [5.74, 6) is 0.0420. The number of aliphatic hydroxyl groups is 1. The van der Waals surface area contributed by atoms with E-state index in [0.717, 1.165) is 6.42 Å². The normalized spacial score (nSPS) is 36.0. The molecule has 0 spiro atoms. The van der Waals surface area contributed by atoms with Gasteiger partial charge in [-0.25, -0.2) is 4.79 Å². The number of fused-ring (bicyclic) bond motifs is 2. The van der Waals surface area contributed by atoms with Gasteiger partial charge in [0, 0.05) is 26.4 Å². The molecule has 2 heterocycles. The molecule has 2 aliphatic rings. The van der Waals surface area contributed by atoms with Crippen molar-refractivity contribution in [1.82, 2.24) is 4.90 Å². The van der Waals surface area contributed by atoms with Crippen molar-refractivity contribution in [3.63, 3.8) is 0 Å². The van der Waals surface area contributed by atoms with E-state index in [2.05, 4.69) is 33.9 Å². The van der Waals surface area contributed by atoms with Gasteiger partial charge in [-0.3, -0.25) is 0 Å². The molecule has 0 aliphatic carbocycles. The third kappa shape index (κ3) is 3.11. The molecule has 24 heavy (non-hydrogen) atoms. The number of hydrogen-bond donors (Lipinski definition) is 1. The minimum Gasteiger partial charge on any atom is -0.442 e. The number of aliphatic hydroxyl groups excluding tert-OH is 1. The van der Waals surface area contributed by atoms with Gasteiger partial charge in [0.2, 0.25) is 0 Å². The van der Waals surface area contributed by atoms with Gasteiger partial charge in [0.05, 0.1) is 18.8 Å². The van der Waals surface area contributed by atoms with Gasteiger partial charge in [0.25, 0.3) is 0 Å². The van der Waals surface area contributed by atoms with Crippen LogP contribution in [0.1, 0.15) is 34.1 Å². The average molecular weight is 360 g/mol. The van der Waals surface area contributed by atoms with Crippen LogP contribution in [0.3, 0.4) is 0 Å². The van der Waals surface area contributed by atoms with Crippen molar-refractivity contribution in [2.75, 3.05) is 20.7 Å². The van der Waals surface area contributed by atoms with E-state index >= 15 is 0 Å². The maximum absolute atomic E-state index is 12.1. The molecule has 7 heteroatoms. The fourth-order valence-corrected chi connectivity index (χ4v) is 4.72. The average Bonchev–Trinajstić information content (AvgIpc) is 2.92. The van der Waals surface area contributed by atoms with Crippen LogP contribution < -0.4 is 0 Å². The fraction of sp³-hybridized carbons (Fsp3) is 0.941. The third-order valence-corrected chi connectivity index (χ3v) is 10.5. The van der Waals surface area contributed by atoms with E-state index in [1.165, 1.54) is 4.90 Å². The predicted molar refractivity (Wildman–Crippen MR) is 94.5 cm³/mol. The van der Waals surface area contributed by atoms with E-state index in [1.54, 1.807) is 14.1 Å². The minimum atomic E-state index is -2.03. The summed E-state index contributed by atoms with van der Waals surface area (Å²) in [6.07, 6.45) is -0.464. The third-order valence-electron chi connectivity index (χ3n) is 5.99. The van der Waals surface area contributed by atoms with Crippen LogP contribution in [0.5, 0.6) is 0 Å². The summed E-state index contributed by atoms with van der Waals surface area (Å²) < 4.78 is 18.4. The van der Waals surface area contributed by atoms with Crippen molar-refractivity contribution in [3.05, 3.63) is 0 Å². The van der Waals surface area contributed by atoms with Crippen molar-refractivity contribution >= 4 is 14.4 Å². The van der Waals surface area contributed by atoms with Crippen LogP contribution >= 0.6 is 0 Å². The Hall–Kier alpha value is -0.633. The Morgan fingerprint density at radius 1 is 1.38 bits per heavy atom. The van der Waals surface area contributed by atoms with Crippen molar-refractivity contribution in [1.29, 1.82) is 0 Å². The zero-order valence-electron chi connectivity index (χ0n) is 16.3. The second-order valence-electron chi connectivity index (χ2n) is 8.93. The largest absolute Gasteiger partial charge is 0.442 e. The van der Waals surface area contributed by atoms with Crippen LogP contribution in [0.2, 0.25) is 18.1 Å². The quantitative estimate of drug-likeness (QED) is 0.782. The van der Waals surface area contributed by atoms with Crippen LogP contribution in [-0.2, 0) is 13.9 Å². The molecule has 0 saturated carbocycles. The smallest absolute Gasteiger partial charge is 0.409 e. The molecule has 5 atom stereocenters. The first-order valence-electron chi connectivity index (χ1n) is 8.70. The van der Waals surface area contributed by atoms with E-state index in [9.17, 15) is 9.90 Å². The minimum absolute atomic E-state index is 0.0420. The summed E-state index contributed by atoms with van der Waals surface area (Å²) in [4.78, 5) is 13.5. The summed E-state index contributed by atoms with van der Waals surface area (Å²) >= 11 is 0. The second kappa shape index (κ2) is 6.27. The molecule has 0 aromatic heterocycles. The van der Waals surface area contributed by atoms with Gasteiger partial charge in [-0.2, -0.15) is 0 Å². The number of hydrogen-bond acceptors (Lipinski definition) is 5. The highest BCUT2D eigenvalue weighted by molar-refractivity contribution is 6.74. The lowest BCUT2D eigenvalue weighted by Crippen LogP contribution is -2.60. The molecule has 2 rings (SSSR count). The first-order valence-corrected chi connectivity index (χ1v) is 11.6. The zero-order chi connectivity index (χ0) is 18.5. The number of ether oxygens (including phenoxy) is 2. The zero-order valence-corrected chi connectivity index (χ0v) is 17.3. The maximum atomic E-state index is 12.1. The lowest BCUT2D eigenvalue weighted by molar-refractivity contribution is -0.128. The fourth-order valence-electron chi connectivity index (χ4n) is 3.36. The van der Waals surface area contributed by atoms with Crippen LogP contribution in [0.4, 0.5) is 4.79 Å². The lowest BCUT2D eigenvalue weighted by atomic mass is 9.77. The highest BCUT2D eigenvalue weighted by atomic mass is 28.4. The number of rotatable bonds is 4. The Morgan fingerprint density at radius 2 is 1.96 bits per heavy atom. The highest BCUT2D eigenvalue weighted by Gasteiger charge is 2.66. The van der Waals surface area contributed by atoms with E-state index in [1.807, 2.05) is 6.92 Å². The van der Waals surface area contributed by atoms with Gasteiger partial charge in [-0.15, -0.1) is 0 Å². The summed E-state index contributed by atoms with van der Waals surface area (Å²) in [6, 6.07) is 0. The van der Waals surface area contributed by atoms with Crippen LogP contribution in [0, 0.1) is 5.92 Å². The van der Waals surface area contributed by atoms with Gasteiger partial charge in [-0.05, 0) is 18.1 Å². The Balaban J connectivity index is 2.25. The van der Waals surface area contributed by atoms with Gasteiger partial charge in [-0.1, -0.05) is 27.7 Å². The Bertz CT molecular complexity index is 490. The van der Waals surface area contributed by atoms with Gasteiger partial charge in [0.15, 0.2) is 13.9 Å². The molecular formula is C17H33NO5Si. The molecule has 2 bridgehead atoms. The molecule has 1 amide bonds. The number of nitrogens with zero attached hydrogens (tertiary/aromatic N) is 1. The summed E-state index contributed by atoms with van der Waals surface area (Å²) in [7, 11) is 1.27. The molecule has 140 valence electrons. The summed E-state index contributed by atoms with van der Waals surface area (Å²) in [5, 5.41) is 10.2. The van der Waals surface area contributed by atoms with Crippen LogP contribution in [-0.4, -0.2) is 69.0 Å². The summed E-state index contributed by atoms with van der Waals surface area (Å²) in [6.45, 7) is 12.7. The Morgan fingerprint density at radius 3 is 2.42 bits per heavy atom. The molecule has 2 saturated heterocycles. The first kappa shape index (κ1) is 19.7. The topological polar surface area (TPSA) is 68.2 Å². The van der Waals surface area contributed by atoms with Crippen molar-refractivity contribution < 1.29 is 23.8 Å². The van der Waals surface area contributed by atoms with E-state index in [-0.39, 0.29) is 29.8 Å². The van der Waals surface area contributed by atoms with E-state index in [4.69, 9.17) is 13.9 Å². The number of carbonyl (C=O) groups excluding carboxylic acids is 1. The predicted octanol–water partition coefficient (Wildman–Crippen LogP) is 2.61. The number of amides is 1. The molecule has 0 unspecified atom stereocenters. The lowest BCUT2D eigenvalue weighted by Gasteiger charge is -2.45. The van der Waals surface area contributed by atoms with Crippen molar-refractivity contribution in [2.45, 2.75) is 76.2 Å². The van der Waals surface area contributed by atoms with Gasteiger partial charge in [0.1, 0.15) is 6.10 Å².